The Balaban J connectivity index is 1.99. The van der Waals surface area contributed by atoms with Crippen molar-refractivity contribution in [3.8, 4) is 0 Å². The third kappa shape index (κ3) is 2.96. The highest BCUT2D eigenvalue weighted by molar-refractivity contribution is 7.89. The first-order valence-corrected chi connectivity index (χ1v) is 9.69. The number of amides is 1. The normalized spacial score (nSPS) is 21.4. The van der Waals surface area contributed by atoms with Crippen molar-refractivity contribution in [3.63, 3.8) is 0 Å². The maximum atomic E-state index is 13.1. The summed E-state index contributed by atoms with van der Waals surface area (Å²) in [5.74, 6) is -0.0131. The molecule has 2 heterocycles. The van der Waals surface area contributed by atoms with Crippen LogP contribution >= 0.6 is 0 Å². The summed E-state index contributed by atoms with van der Waals surface area (Å²) in [6.45, 7) is 7.12. The zero-order chi connectivity index (χ0) is 17.5. The van der Waals surface area contributed by atoms with Gasteiger partial charge in [-0.15, -0.1) is 0 Å². The number of sulfonamides is 1. The first-order chi connectivity index (χ1) is 11.2. The van der Waals surface area contributed by atoms with Crippen molar-refractivity contribution in [3.05, 3.63) is 23.8 Å². The van der Waals surface area contributed by atoms with Crippen molar-refractivity contribution in [2.24, 2.45) is 0 Å². The van der Waals surface area contributed by atoms with Gasteiger partial charge in [-0.2, -0.15) is 4.31 Å². The Morgan fingerprint density at radius 2 is 2.00 bits per heavy atom. The van der Waals surface area contributed by atoms with E-state index in [-0.39, 0.29) is 5.91 Å². The van der Waals surface area contributed by atoms with Gasteiger partial charge in [0.05, 0.1) is 23.6 Å². The van der Waals surface area contributed by atoms with E-state index in [0.29, 0.717) is 31.2 Å². The lowest BCUT2D eigenvalue weighted by Crippen LogP contribution is -2.55. The lowest BCUT2D eigenvalue weighted by atomic mass is 10.0. The molecule has 2 aliphatic heterocycles. The highest BCUT2D eigenvalue weighted by Crippen LogP contribution is 2.33. The second kappa shape index (κ2) is 6.13. The standard InChI is InChI=1S/C17H24N2O4S/c1-13(20)18-8-4-5-14-11-15(6-7-16(14)18)24(21,22)19-9-10-23-12-17(19,2)3/h6-7,11H,4-5,8-10,12H2,1-3H3. The topological polar surface area (TPSA) is 66.9 Å². The molecular formula is C17H24N2O4S. The summed E-state index contributed by atoms with van der Waals surface area (Å²) in [7, 11) is -3.59. The molecule has 0 atom stereocenters. The van der Waals surface area contributed by atoms with Gasteiger partial charge in [0.1, 0.15) is 0 Å². The van der Waals surface area contributed by atoms with Crippen molar-refractivity contribution in [2.45, 2.75) is 44.0 Å². The lowest BCUT2D eigenvalue weighted by Gasteiger charge is -2.41. The van der Waals surface area contributed by atoms with Crippen molar-refractivity contribution in [1.29, 1.82) is 0 Å². The van der Waals surface area contributed by atoms with Gasteiger partial charge < -0.3 is 9.64 Å². The molecule has 0 aliphatic carbocycles. The third-order valence-electron chi connectivity index (χ3n) is 4.71. The zero-order valence-electron chi connectivity index (χ0n) is 14.4. The van der Waals surface area contributed by atoms with Crippen molar-refractivity contribution in [1.82, 2.24) is 4.31 Å². The molecular weight excluding hydrogens is 328 g/mol. The van der Waals surface area contributed by atoms with E-state index in [4.69, 9.17) is 4.74 Å². The molecule has 0 bridgehead atoms. The molecule has 24 heavy (non-hydrogen) atoms. The molecule has 3 rings (SSSR count). The van der Waals surface area contributed by atoms with Crippen molar-refractivity contribution >= 4 is 21.6 Å². The molecule has 1 saturated heterocycles. The lowest BCUT2D eigenvalue weighted by molar-refractivity contribution is -0.116. The van der Waals surface area contributed by atoms with Gasteiger partial charge in [0, 0.05) is 25.7 Å². The van der Waals surface area contributed by atoms with Gasteiger partial charge in [0.2, 0.25) is 15.9 Å². The van der Waals surface area contributed by atoms with Gasteiger partial charge >= 0.3 is 0 Å². The Morgan fingerprint density at radius 3 is 2.67 bits per heavy atom. The average molecular weight is 352 g/mol. The molecule has 0 saturated carbocycles. The predicted octanol–water partition coefficient (Wildman–Crippen LogP) is 1.79. The minimum absolute atomic E-state index is 0.0131. The van der Waals surface area contributed by atoms with Crippen molar-refractivity contribution in [2.75, 3.05) is 31.2 Å². The van der Waals surface area contributed by atoms with Gasteiger partial charge in [0.25, 0.3) is 0 Å². The molecule has 0 radical (unpaired) electrons. The Morgan fingerprint density at radius 1 is 1.25 bits per heavy atom. The smallest absolute Gasteiger partial charge is 0.243 e. The van der Waals surface area contributed by atoms with Crippen molar-refractivity contribution < 1.29 is 17.9 Å². The molecule has 1 aromatic carbocycles. The molecule has 0 N–H and O–H groups in total. The Bertz CT molecular complexity index is 758. The second-order valence-corrected chi connectivity index (χ2v) is 8.87. The van der Waals surface area contributed by atoms with Crippen LogP contribution in [0.1, 0.15) is 32.8 Å². The molecule has 132 valence electrons. The maximum absolute atomic E-state index is 13.1. The number of fused-ring (bicyclic) bond motifs is 1. The Labute approximate surface area is 143 Å². The molecule has 0 spiro atoms. The number of morpholine rings is 1. The SMILES string of the molecule is CC(=O)N1CCCc2cc(S(=O)(=O)N3CCOCC3(C)C)ccc21. The van der Waals surface area contributed by atoms with Crippen LogP contribution < -0.4 is 4.90 Å². The van der Waals surface area contributed by atoms with Gasteiger partial charge in [0.15, 0.2) is 0 Å². The number of rotatable bonds is 2. The zero-order valence-corrected chi connectivity index (χ0v) is 15.2. The van der Waals surface area contributed by atoms with E-state index in [2.05, 4.69) is 0 Å². The molecule has 1 aromatic rings. The fourth-order valence-electron chi connectivity index (χ4n) is 3.48. The van der Waals surface area contributed by atoms with Crippen LogP contribution in [0.2, 0.25) is 0 Å². The Kier molecular flexibility index (Phi) is 4.44. The van der Waals surface area contributed by atoms with E-state index in [9.17, 15) is 13.2 Å². The summed E-state index contributed by atoms with van der Waals surface area (Å²) in [4.78, 5) is 13.8. The van der Waals surface area contributed by atoms with Gasteiger partial charge in [-0.25, -0.2) is 8.42 Å². The first-order valence-electron chi connectivity index (χ1n) is 8.25. The summed E-state index contributed by atoms with van der Waals surface area (Å²) >= 11 is 0. The first kappa shape index (κ1) is 17.4. The summed E-state index contributed by atoms with van der Waals surface area (Å²) in [5, 5.41) is 0. The van der Waals surface area contributed by atoms with Crippen LogP contribution in [0, 0.1) is 0 Å². The van der Waals surface area contributed by atoms with Crippen LogP contribution in [0.25, 0.3) is 0 Å². The number of nitrogens with zero attached hydrogens (tertiary/aromatic N) is 2. The van der Waals surface area contributed by atoms with E-state index in [0.717, 1.165) is 24.1 Å². The van der Waals surface area contributed by atoms with Crippen LogP contribution in [-0.2, 0) is 26.0 Å². The maximum Gasteiger partial charge on any atom is 0.243 e. The number of anilines is 1. The van der Waals surface area contributed by atoms with E-state index in [1.807, 2.05) is 13.8 Å². The van der Waals surface area contributed by atoms with Gasteiger partial charge in [-0.1, -0.05) is 0 Å². The fourth-order valence-corrected chi connectivity index (χ4v) is 5.28. The number of hydrogen-bond acceptors (Lipinski definition) is 4. The fraction of sp³-hybridized carbons (Fsp3) is 0.588. The number of ether oxygens (including phenoxy) is 1. The number of hydrogen-bond donors (Lipinski definition) is 0. The van der Waals surface area contributed by atoms with Crippen LogP contribution in [-0.4, -0.2) is 50.5 Å². The van der Waals surface area contributed by atoms with Gasteiger partial charge in [-0.05, 0) is 50.5 Å². The average Bonchev–Trinajstić information content (AvgIpc) is 2.52. The van der Waals surface area contributed by atoms with E-state index in [1.165, 1.54) is 11.2 Å². The van der Waals surface area contributed by atoms with Crippen LogP contribution in [0.3, 0.4) is 0 Å². The third-order valence-corrected chi connectivity index (χ3v) is 6.81. The molecule has 0 unspecified atom stereocenters. The van der Waals surface area contributed by atoms with E-state index in [1.54, 1.807) is 23.1 Å². The molecule has 7 heteroatoms. The Hall–Kier alpha value is -1.44. The van der Waals surface area contributed by atoms with Crippen LogP contribution in [0.4, 0.5) is 5.69 Å². The molecule has 1 amide bonds. The van der Waals surface area contributed by atoms with Gasteiger partial charge in [-0.3, -0.25) is 4.79 Å². The molecule has 1 fully saturated rings. The number of carbonyl (C=O) groups is 1. The summed E-state index contributed by atoms with van der Waals surface area (Å²) < 4.78 is 33.1. The minimum atomic E-state index is -3.59. The predicted molar refractivity (Wildman–Crippen MR) is 91.6 cm³/mol. The number of aryl methyl sites for hydroxylation is 1. The summed E-state index contributed by atoms with van der Waals surface area (Å²) in [5.41, 5.74) is 1.18. The molecule has 2 aliphatic rings. The highest BCUT2D eigenvalue weighted by atomic mass is 32.2. The quantitative estimate of drug-likeness (QED) is 0.814. The van der Waals surface area contributed by atoms with Crippen LogP contribution in [0.5, 0.6) is 0 Å². The summed E-state index contributed by atoms with van der Waals surface area (Å²) in [6.07, 6.45) is 1.63. The number of benzene rings is 1. The van der Waals surface area contributed by atoms with E-state index >= 15 is 0 Å². The van der Waals surface area contributed by atoms with E-state index < -0.39 is 15.6 Å². The number of carbonyl (C=O) groups excluding carboxylic acids is 1. The molecule has 6 nitrogen and oxygen atoms in total. The highest BCUT2D eigenvalue weighted by Gasteiger charge is 2.40. The minimum Gasteiger partial charge on any atom is -0.378 e. The van der Waals surface area contributed by atoms with Crippen LogP contribution in [0.15, 0.2) is 23.1 Å². The molecule has 0 aromatic heterocycles. The monoisotopic (exact) mass is 352 g/mol. The summed E-state index contributed by atoms with van der Waals surface area (Å²) in [6, 6.07) is 5.10. The largest absolute Gasteiger partial charge is 0.378 e. The second-order valence-electron chi connectivity index (χ2n) is 7.01.